The number of nitriles is 1. The third-order valence-electron chi connectivity index (χ3n) is 6.69. The van der Waals surface area contributed by atoms with Gasteiger partial charge in [0.1, 0.15) is 0 Å². The Labute approximate surface area is 228 Å². The fraction of sp³-hybridized carbons (Fsp3) is 0.375. The summed E-state index contributed by atoms with van der Waals surface area (Å²) >= 11 is 0. The molecule has 1 unspecified atom stereocenters. The molecule has 0 aliphatic carbocycles. The first-order valence-corrected chi connectivity index (χ1v) is 13.2. The summed E-state index contributed by atoms with van der Waals surface area (Å²) < 4.78 is 39.6. The lowest BCUT2D eigenvalue weighted by Crippen LogP contribution is -2.25. The number of carboxylic acid groups (broad SMARTS) is 1. The molecule has 39 heavy (non-hydrogen) atoms. The highest BCUT2D eigenvalue weighted by atomic mass is 19.4. The highest BCUT2D eigenvalue weighted by Crippen LogP contribution is 2.36. The average Bonchev–Trinajstić information content (AvgIpc) is 2.89. The molecule has 0 heterocycles. The van der Waals surface area contributed by atoms with Crippen molar-refractivity contribution in [2.45, 2.75) is 59.2 Å². The highest BCUT2D eigenvalue weighted by Gasteiger charge is 2.30. The van der Waals surface area contributed by atoms with E-state index in [9.17, 15) is 23.1 Å². The van der Waals surface area contributed by atoms with E-state index in [0.717, 1.165) is 29.8 Å². The first-order chi connectivity index (χ1) is 18.4. The van der Waals surface area contributed by atoms with E-state index in [1.807, 2.05) is 38.1 Å². The molecule has 3 rings (SSSR count). The summed E-state index contributed by atoms with van der Waals surface area (Å²) in [5.41, 5.74) is 3.52. The molecule has 0 fully saturated rings. The van der Waals surface area contributed by atoms with Crippen molar-refractivity contribution in [1.29, 1.82) is 5.26 Å². The van der Waals surface area contributed by atoms with Crippen LogP contribution in [0.1, 0.15) is 68.7 Å². The van der Waals surface area contributed by atoms with Crippen molar-refractivity contribution in [3.63, 3.8) is 0 Å². The highest BCUT2D eigenvalue weighted by molar-refractivity contribution is 5.79. The lowest BCUT2D eigenvalue weighted by Gasteiger charge is -2.28. The Kier molecular flexibility index (Phi) is 9.80. The van der Waals surface area contributed by atoms with Crippen molar-refractivity contribution in [3.05, 3.63) is 89.0 Å². The smallest absolute Gasteiger partial charge is 0.416 e. The number of halogens is 3. The second kappa shape index (κ2) is 12.8. The van der Waals surface area contributed by atoms with Gasteiger partial charge in [-0.3, -0.25) is 4.79 Å². The quantitative estimate of drug-likeness (QED) is 0.267. The summed E-state index contributed by atoms with van der Waals surface area (Å²) in [5, 5.41) is 19.2. The van der Waals surface area contributed by atoms with E-state index in [2.05, 4.69) is 24.8 Å². The Balaban J connectivity index is 2.13. The summed E-state index contributed by atoms with van der Waals surface area (Å²) in [6, 6.07) is 20.0. The van der Waals surface area contributed by atoms with Crippen molar-refractivity contribution >= 4 is 11.7 Å². The topological polar surface area (TPSA) is 64.3 Å². The van der Waals surface area contributed by atoms with Gasteiger partial charge in [0.15, 0.2) is 0 Å². The van der Waals surface area contributed by atoms with Gasteiger partial charge in [0.25, 0.3) is 0 Å². The van der Waals surface area contributed by atoms with Gasteiger partial charge in [-0.2, -0.15) is 18.4 Å². The number of hydrogen-bond acceptors (Lipinski definition) is 3. The van der Waals surface area contributed by atoms with Gasteiger partial charge in [-0.15, -0.1) is 0 Å². The number of carbonyl (C=O) groups is 1. The summed E-state index contributed by atoms with van der Waals surface area (Å²) in [5.74, 6) is -1.11. The van der Waals surface area contributed by atoms with E-state index >= 15 is 0 Å². The number of benzene rings is 3. The molecular weight excluding hydrogens is 501 g/mol. The molecule has 0 aliphatic rings. The minimum atomic E-state index is -4.44. The van der Waals surface area contributed by atoms with E-state index in [4.69, 9.17) is 5.26 Å². The standard InChI is InChI=1S/C32H35F3N2O2/c1-21(2)13-14-37(20-24-7-5-23(19-36)6-8-24)29-17-26(25-9-11-28(12-10-25)32(33,34)35)16-27(18-29)30(31(38)39)15-22(3)4/h5-12,16-18,21-22,30H,13-15,20H2,1-4H3,(H,38,39). The Morgan fingerprint density at radius 3 is 2.08 bits per heavy atom. The molecule has 0 bridgehead atoms. The van der Waals surface area contributed by atoms with Gasteiger partial charge in [0.2, 0.25) is 0 Å². The predicted octanol–water partition coefficient (Wildman–Crippen LogP) is 8.51. The second-order valence-electron chi connectivity index (χ2n) is 10.8. The summed E-state index contributed by atoms with van der Waals surface area (Å²) in [6.45, 7) is 9.44. The van der Waals surface area contributed by atoms with Crippen molar-refractivity contribution < 1.29 is 23.1 Å². The number of alkyl halides is 3. The van der Waals surface area contributed by atoms with Crippen molar-refractivity contribution in [2.75, 3.05) is 11.4 Å². The SMILES string of the molecule is CC(C)CCN(Cc1ccc(C#N)cc1)c1cc(-c2ccc(C(F)(F)F)cc2)cc(C(CC(C)C)C(=O)O)c1. The summed E-state index contributed by atoms with van der Waals surface area (Å²) in [4.78, 5) is 14.5. The Morgan fingerprint density at radius 1 is 0.923 bits per heavy atom. The molecule has 3 aromatic carbocycles. The number of hydrogen-bond donors (Lipinski definition) is 1. The molecule has 206 valence electrons. The largest absolute Gasteiger partial charge is 0.481 e. The van der Waals surface area contributed by atoms with Crippen LogP contribution in [0.25, 0.3) is 11.1 Å². The molecule has 0 radical (unpaired) electrons. The third kappa shape index (κ3) is 8.35. The van der Waals surface area contributed by atoms with E-state index in [0.29, 0.717) is 47.7 Å². The maximum absolute atomic E-state index is 13.2. The molecule has 1 atom stereocenters. The fourth-order valence-electron chi connectivity index (χ4n) is 4.51. The first-order valence-electron chi connectivity index (χ1n) is 13.2. The normalized spacial score (nSPS) is 12.4. The minimum Gasteiger partial charge on any atom is -0.481 e. The van der Waals surface area contributed by atoms with Crippen molar-refractivity contribution in [1.82, 2.24) is 0 Å². The van der Waals surface area contributed by atoms with Crippen LogP contribution in [0, 0.1) is 23.2 Å². The van der Waals surface area contributed by atoms with Gasteiger partial charge >= 0.3 is 12.1 Å². The van der Waals surface area contributed by atoms with Gasteiger partial charge in [0, 0.05) is 18.8 Å². The van der Waals surface area contributed by atoms with Gasteiger partial charge in [-0.05, 0) is 83.3 Å². The van der Waals surface area contributed by atoms with Crippen LogP contribution in [-0.2, 0) is 17.5 Å². The minimum absolute atomic E-state index is 0.139. The molecule has 0 saturated carbocycles. The Morgan fingerprint density at radius 2 is 1.56 bits per heavy atom. The van der Waals surface area contributed by atoms with Gasteiger partial charge in [-0.1, -0.05) is 58.0 Å². The van der Waals surface area contributed by atoms with Crippen molar-refractivity contribution in [2.24, 2.45) is 11.8 Å². The van der Waals surface area contributed by atoms with Gasteiger partial charge in [0.05, 0.1) is 23.1 Å². The Hall–Kier alpha value is -3.79. The number of rotatable bonds is 11. The van der Waals surface area contributed by atoms with E-state index in [1.165, 1.54) is 12.1 Å². The lowest BCUT2D eigenvalue weighted by atomic mass is 9.88. The molecule has 3 aromatic rings. The molecule has 0 amide bonds. The van der Waals surface area contributed by atoms with E-state index in [-0.39, 0.29) is 5.92 Å². The molecule has 0 aliphatic heterocycles. The summed E-state index contributed by atoms with van der Waals surface area (Å²) in [7, 11) is 0. The van der Waals surface area contributed by atoms with Crippen LogP contribution in [0.2, 0.25) is 0 Å². The monoisotopic (exact) mass is 536 g/mol. The molecule has 0 spiro atoms. The molecule has 1 N–H and O–H groups in total. The zero-order valence-electron chi connectivity index (χ0n) is 22.8. The number of aliphatic carboxylic acids is 1. The zero-order valence-corrected chi connectivity index (χ0v) is 22.8. The number of carboxylic acids is 1. The number of anilines is 1. The van der Waals surface area contributed by atoms with Gasteiger partial charge < -0.3 is 10.0 Å². The zero-order chi connectivity index (χ0) is 28.7. The van der Waals surface area contributed by atoms with E-state index in [1.54, 1.807) is 18.2 Å². The maximum Gasteiger partial charge on any atom is 0.416 e. The predicted molar refractivity (Wildman–Crippen MR) is 148 cm³/mol. The first kappa shape index (κ1) is 29.8. The number of nitrogens with zero attached hydrogens (tertiary/aromatic N) is 2. The van der Waals surface area contributed by atoms with Crippen LogP contribution < -0.4 is 4.90 Å². The van der Waals surface area contributed by atoms with Crippen LogP contribution in [0.4, 0.5) is 18.9 Å². The lowest BCUT2D eigenvalue weighted by molar-refractivity contribution is -0.139. The van der Waals surface area contributed by atoms with Crippen LogP contribution in [0.15, 0.2) is 66.7 Å². The third-order valence-corrected chi connectivity index (χ3v) is 6.69. The van der Waals surface area contributed by atoms with Crippen LogP contribution in [0.5, 0.6) is 0 Å². The van der Waals surface area contributed by atoms with E-state index < -0.39 is 23.6 Å². The summed E-state index contributed by atoms with van der Waals surface area (Å²) in [6.07, 6.45) is -3.11. The van der Waals surface area contributed by atoms with Gasteiger partial charge in [-0.25, -0.2) is 0 Å². The van der Waals surface area contributed by atoms with Crippen LogP contribution >= 0.6 is 0 Å². The Bertz CT molecular complexity index is 1290. The van der Waals surface area contributed by atoms with Crippen LogP contribution in [0.3, 0.4) is 0 Å². The molecule has 0 aromatic heterocycles. The molecule has 4 nitrogen and oxygen atoms in total. The average molecular weight is 537 g/mol. The molecule has 7 heteroatoms. The van der Waals surface area contributed by atoms with Crippen LogP contribution in [-0.4, -0.2) is 17.6 Å². The van der Waals surface area contributed by atoms with Crippen molar-refractivity contribution in [3.8, 4) is 17.2 Å². The maximum atomic E-state index is 13.2. The molecule has 0 saturated heterocycles. The fourth-order valence-corrected chi connectivity index (χ4v) is 4.51. The second-order valence-corrected chi connectivity index (χ2v) is 10.8. The molecular formula is C32H35F3N2O2.